The SMILES string of the molecule is Cc1cscc1CNc1ccc(S(=O)(=O)C(F)(F)F)cc1. The van der Waals surface area contributed by atoms with Gasteiger partial charge < -0.3 is 5.32 Å². The molecule has 1 aromatic carbocycles. The zero-order valence-corrected chi connectivity index (χ0v) is 12.6. The Kier molecular flexibility index (Phi) is 4.29. The second-order valence-corrected chi connectivity index (χ2v) is 7.09. The second-order valence-electron chi connectivity index (χ2n) is 4.41. The van der Waals surface area contributed by atoms with Crippen LogP contribution in [-0.4, -0.2) is 13.9 Å². The number of benzene rings is 1. The summed E-state index contributed by atoms with van der Waals surface area (Å²) in [6.07, 6.45) is 0. The molecule has 0 aliphatic rings. The van der Waals surface area contributed by atoms with Crippen molar-refractivity contribution >= 4 is 26.9 Å². The first kappa shape index (κ1) is 15.8. The predicted molar refractivity (Wildman–Crippen MR) is 76.1 cm³/mol. The first-order valence-electron chi connectivity index (χ1n) is 5.89. The van der Waals surface area contributed by atoms with E-state index in [1.54, 1.807) is 11.3 Å². The number of halogens is 3. The van der Waals surface area contributed by atoms with Crippen molar-refractivity contribution in [1.29, 1.82) is 0 Å². The fourth-order valence-corrected chi connectivity index (χ4v) is 3.27. The molecule has 3 nitrogen and oxygen atoms in total. The van der Waals surface area contributed by atoms with Gasteiger partial charge in [0, 0.05) is 12.2 Å². The third-order valence-corrected chi connectivity index (χ3v) is 5.33. The Morgan fingerprint density at radius 1 is 1.14 bits per heavy atom. The van der Waals surface area contributed by atoms with Crippen LogP contribution in [0.4, 0.5) is 18.9 Å². The van der Waals surface area contributed by atoms with Crippen molar-refractivity contribution in [3.63, 3.8) is 0 Å². The van der Waals surface area contributed by atoms with Gasteiger partial charge in [0.1, 0.15) is 0 Å². The van der Waals surface area contributed by atoms with Crippen LogP contribution < -0.4 is 5.32 Å². The van der Waals surface area contributed by atoms with Gasteiger partial charge in [-0.05, 0) is 53.1 Å². The molecule has 1 heterocycles. The van der Waals surface area contributed by atoms with Crippen molar-refractivity contribution in [3.8, 4) is 0 Å². The highest BCUT2D eigenvalue weighted by molar-refractivity contribution is 7.92. The standard InChI is InChI=1S/C13H12F3NO2S2/c1-9-7-20-8-10(9)6-17-11-2-4-12(5-3-11)21(18,19)13(14,15)16/h2-5,7-8,17H,6H2,1H3. The fraction of sp³-hybridized carbons (Fsp3) is 0.231. The summed E-state index contributed by atoms with van der Waals surface area (Å²) in [4.78, 5) is -0.757. The molecule has 1 aromatic heterocycles. The van der Waals surface area contributed by atoms with E-state index in [-0.39, 0.29) is 0 Å². The van der Waals surface area contributed by atoms with E-state index in [0.29, 0.717) is 12.2 Å². The van der Waals surface area contributed by atoms with Gasteiger partial charge in [-0.25, -0.2) is 8.42 Å². The zero-order chi connectivity index (χ0) is 15.7. The van der Waals surface area contributed by atoms with Crippen molar-refractivity contribution in [1.82, 2.24) is 0 Å². The van der Waals surface area contributed by atoms with E-state index in [9.17, 15) is 21.6 Å². The lowest BCUT2D eigenvalue weighted by molar-refractivity contribution is -0.0436. The molecule has 0 saturated carbocycles. The molecular weight excluding hydrogens is 323 g/mol. The van der Waals surface area contributed by atoms with Gasteiger partial charge >= 0.3 is 5.51 Å². The minimum absolute atomic E-state index is 0.528. The van der Waals surface area contributed by atoms with Crippen LogP contribution >= 0.6 is 11.3 Å². The molecule has 21 heavy (non-hydrogen) atoms. The number of sulfone groups is 1. The van der Waals surface area contributed by atoms with E-state index in [2.05, 4.69) is 5.32 Å². The van der Waals surface area contributed by atoms with Crippen LogP contribution in [0.2, 0.25) is 0 Å². The van der Waals surface area contributed by atoms with E-state index in [1.807, 2.05) is 17.7 Å². The summed E-state index contributed by atoms with van der Waals surface area (Å²) in [6.45, 7) is 2.49. The Balaban J connectivity index is 2.11. The van der Waals surface area contributed by atoms with Crippen molar-refractivity contribution < 1.29 is 21.6 Å². The van der Waals surface area contributed by atoms with Gasteiger partial charge in [-0.3, -0.25) is 0 Å². The summed E-state index contributed by atoms with van der Waals surface area (Å²) in [5.74, 6) is 0. The monoisotopic (exact) mass is 335 g/mol. The molecule has 8 heteroatoms. The molecule has 0 atom stereocenters. The summed E-state index contributed by atoms with van der Waals surface area (Å²) in [6, 6.07) is 4.54. The molecule has 0 aliphatic heterocycles. The summed E-state index contributed by atoms with van der Waals surface area (Å²) < 4.78 is 59.6. The molecule has 0 saturated heterocycles. The summed E-state index contributed by atoms with van der Waals surface area (Å²) in [7, 11) is -5.28. The minimum Gasteiger partial charge on any atom is -0.381 e. The molecule has 1 N–H and O–H groups in total. The van der Waals surface area contributed by atoms with Gasteiger partial charge in [-0.2, -0.15) is 24.5 Å². The number of alkyl halides is 3. The van der Waals surface area contributed by atoms with Gasteiger partial charge in [0.2, 0.25) is 0 Å². The third-order valence-electron chi connectivity index (χ3n) is 2.91. The Morgan fingerprint density at radius 2 is 1.76 bits per heavy atom. The van der Waals surface area contributed by atoms with Gasteiger partial charge in [0.15, 0.2) is 0 Å². The third kappa shape index (κ3) is 3.38. The average Bonchev–Trinajstić information content (AvgIpc) is 2.81. The van der Waals surface area contributed by atoms with Gasteiger partial charge in [0.05, 0.1) is 4.90 Å². The highest BCUT2D eigenvalue weighted by atomic mass is 32.2. The summed E-state index contributed by atoms with van der Waals surface area (Å²) >= 11 is 1.57. The maximum Gasteiger partial charge on any atom is 0.501 e. The van der Waals surface area contributed by atoms with Crippen LogP contribution in [0.3, 0.4) is 0 Å². The molecule has 0 aliphatic carbocycles. The van der Waals surface area contributed by atoms with Crippen LogP contribution in [0.5, 0.6) is 0 Å². The quantitative estimate of drug-likeness (QED) is 0.920. The molecule has 0 unspecified atom stereocenters. The van der Waals surface area contributed by atoms with Crippen LogP contribution in [0.25, 0.3) is 0 Å². The lowest BCUT2D eigenvalue weighted by Crippen LogP contribution is -2.23. The van der Waals surface area contributed by atoms with Crippen molar-refractivity contribution in [2.24, 2.45) is 0 Å². The van der Waals surface area contributed by atoms with Crippen molar-refractivity contribution in [3.05, 3.63) is 46.2 Å². The molecule has 2 aromatic rings. The Labute approximate surface area is 124 Å². The van der Waals surface area contributed by atoms with Crippen molar-refractivity contribution in [2.45, 2.75) is 23.9 Å². The Bertz CT molecular complexity index is 719. The normalized spacial score (nSPS) is 12.4. The number of thiophene rings is 1. The Morgan fingerprint density at radius 3 is 2.24 bits per heavy atom. The fourth-order valence-electron chi connectivity index (χ4n) is 1.65. The number of hydrogen-bond acceptors (Lipinski definition) is 4. The molecule has 0 spiro atoms. The highest BCUT2D eigenvalue weighted by Crippen LogP contribution is 2.30. The van der Waals surface area contributed by atoms with Crippen LogP contribution in [0.1, 0.15) is 11.1 Å². The number of hydrogen-bond donors (Lipinski definition) is 1. The lowest BCUT2D eigenvalue weighted by atomic mass is 10.2. The van der Waals surface area contributed by atoms with E-state index in [4.69, 9.17) is 0 Å². The van der Waals surface area contributed by atoms with Crippen LogP contribution in [0.15, 0.2) is 39.9 Å². The largest absolute Gasteiger partial charge is 0.501 e. The first-order valence-corrected chi connectivity index (χ1v) is 8.31. The minimum atomic E-state index is -5.28. The second kappa shape index (κ2) is 5.69. The van der Waals surface area contributed by atoms with Gasteiger partial charge in [-0.15, -0.1) is 0 Å². The Hall–Kier alpha value is -1.54. The van der Waals surface area contributed by atoms with Crippen molar-refractivity contribution in [2.75, 3.05) is 5.32 Å². The summed E-state index contributed by atoms with van der Waals surface area (Å²) in [5, 5.41) is 7.01. The molecule has 0 amide bonds. The predicted octanol–water partition coefficient (Wildman–Crippen LogP) is 3.96. The van der Waals surface area contributed by atoms with Crippen LogP contribution in [-0.2, 0) is 16.4 Å². The van der Waals surface area contributed by atoms with E-state index in [1.165, 1.54) is 12.1 Å². The van der Waals surface area contributed by atoms with E-state index in [0.717, 1.165) is 23.3 Å². The molecule has 2 rings (SSSR count). The molecule has 114 valence electrons. The molecule has 0 radical (unpaired) electrons. The smallest absolute Gasteiger partial charge is 0.381 e. The lowest BCUT2D eigenvalue weighted by Gasteiger charge is -2.10. The van der Waals surface area contributed by atoms with E-state index < -0.39 is 20.2 Å². The number of aryl methyl sites for hydroxylation is 1. The van der Waals surface area contributed by atoms with E-state index >= 15 is 0 Å². The maximum absolute atomic E-state index is 12.4. The number of rotatable bonds is 4. The topological polar surface area (TPSA) is 46.2 Å². The number of nitrogens with one attached hydrogen (secondary N) is 1. The zero-order valence-electron chi connectivity index (χ0n) is 10.9. The number of anilines is 1. The van der Waals surface area contributed by atoms with Gasteiger partial charge in [0.25, 0.3) is 9.84 Å². The highest BCUT2D eigenvalue weighted by Gasteiger charge is 2.46. The molecule has 0 bridgehead atoms. The first-order chi connectivity index (χ1) is 9.72. The average molecular weight is 335 g/mol. The molecule has 0 fully saturated rings. The van der Waals surface area contributed by atoms with Crippen LogP contribution in [0, 0.1) is 6.92 Å². The van der Waals surface area contributed by atoms with Gasteiger partial charge in [-0.1, -0.05) is 0 Å². The summed E-state index contributed by atoms with van der Waals surface area (Å²) in [5.41, 5.74) is -2.51. The molecular formula is C13H12F3NO2S2. The maximum atomic E-state index is 12.4.